The molecule has 2 heterocycles. The van der Waals surface area contributed by atoms with E-state index in [1.807, 2.05) is 44.2 Å². The molecule has 2 aromatic carbocycles. The molecule has 1 amide bonds. The molecule has 0 aliphatic carbocycles. The van der Waals surface area contributed by atoms with E-state index in [9.17, 15) is 18.3 Å². The van der Waals surface area contributed by atoms with Crippen molar-refractivity contribution in [1.82, 2.24) is 29.1 Å². The zero-order chi connectivity index (χ0) is 28.9. The van der Waals surface area contributed by atoms with Crippen LogP contribution in [-0.4, -0.2) is 68.5 Å². The quantitative estimate of drug-likeness (QED) is 0.221. The first-order valence-corrected chi connectivity index (χ1v) is 14.5. The number of anilines is 1. The molecule has 12 heteroatoms. The Bertz CT molecular complexity index is 1540. The molecule has 40 heavy (non-hydrogen) atoms. The number of nitrogen functional groups attached to an aromatic ring is 1. The van der Waals surface area contributed by atoms with E-state index in [2.05, 4.69) is 20.3 Å². The van der Waals surface area contributed by atoms with Gasteiger partial charge in [0, 0.05) is 18.8 Å². The van der Waals surface area contributed by atoms with Crippen LogP contribution in [0.5, 0.6) is 0 Å². The number of aryl methyl sites for hydroxylation is 1. The summed E-state index contributed by atoms with van der Waals surface area (Å²) in [7, 11) is -3.94. The third-order valence-electron chi connectivity index (χ3n) is 6.49. The summed E-state index contributed by atoms with van der Waals surface area (Å²) in [5.41, 5.74) is 8.20. The molecular formula is C28H35N7O4S. The van der Waals surface area contributed by atoms with E-state index in [-0.39, 0.29) is 36.4 Å². The van der Waals surface area contributed by atoms with E-state index in [0.29, 0.717) is 29.1 Å². The Morgan fingerprint density at radius 3 is 2.48 bits per heavy atom. The number of carbonyl (C=O) groups excluding carboxylic acids is 1. The number of nitrogens with zero attached hydrogens (tertiary/aromatic N) is 5. The number of aromatic nitrogens is 4. The van der Waals surface area contributed by atoms with Crippen molar-refractivity contribution in [3.8, 4) is 0 Å². The average Bonchev–Trinajstić information content (AvgIpc) is 3.23. The number of imidazole rings is 1. The van der Waals surface area contributed by atoms with Crippen molar-refractivity contribution >= 4 is 32.8 Å². The van der Waals surface area contributed by atoms with E-state index < -0.39 is 22.2 Å². The number of hydrogen-bond donors (Lipinski definition) is 3. The van der Waals surface area contributed by atoms with Gasteiger partial charge >= 0.3 is 0 Å². The predicted octanol–water partition coefficient (Wildman–Crippen LogP) is 2.15. The molecule has 0 spiro atoms. The molecule has 0 aliphatic heterocycles. The first-order chi connectivity index (χ1) is 19.0. The Morgan fingerprint density at radius 1 is 1.10 bits per heavy atom. The van der Waals surface area contributed by atoms with Crippen molar-refractivity contribution < 1.29 is 18.3 Å². The molecule has 212 valence electrons. The number of sulfonamides is 1. The Kier molecular flexibility index (Phi) is 9.13. The van der Waals surface area contributed by atoms with Gasteiger partial charge in [0.1, 0.15) is 24.2 Å². The molecule has 2 atom stereocenters. The van der Waals surface area contributed by atoms with Crippen LogP contribution in [0, 0.1) is 12.8 Å². The number of carbonyl (C=O) groups is 1. The van der Waals surface area contributed by atoms with E-state index in [4.69, 9.17) is 5.73 Å². The SMILES string of the molecule is Cc1nc2cncnc2n1CC(=O)N[C@@H](Cc1ccccc1)[C@H](O)CN(CC(C)C)S(=O)(=O)c1ccc(N)cc1. The Labute approximate surface area is 234 Å². The zero-order valence-corrected chi connectivity index (χ0v) is 23.6. The highest BCUT2D eigenvalue weighted by atomic mass is 32.2. The fourth-order valence-corrected chi connectivity index (χ4v) is 6.15. The summed E-state index contributed by atoms with van der Waals surface area (Å²) >= 11 is 0. The highest BCUT2D eigenvalue weighted by molar-refractivity contribution is 7.89. The molecule has 0 saturated carbocycles. The second kappa shape index (κ2) is 12.5. The van der Waals surface area contributed by atoms with Gasteiger partial charge in [0.2, 0.25) is 15.9 Å². The van der Waals surface area contributed by atoms with Crippen LogP contribution in [0.25, 0.3) is 11.2 Å². The van der Waals surface area contributed by atoms with Crippen molar-refractivity contribution in [3.05, 3.63) is 78.5 Å². The monoisotopic (exact) mass is 565 g/mol. The maximum absolute atomic E-state index is 13.6. The largest absolute Gasteiger partial charge is 0.399 e. The van der Waals surface area contributed by atoms with Crippen molar-refractivity contribution in [3.63, 3.8) is 0 Å². The van der Waals surface area contributed by atoms with Gasteiger partial charge in [-0.15, -0.1) is 0 Å². The fraction of sp³-hybridized carbons (Fsp3) is 0.357. The van der Waals surface area contributed by atoms with E-state index in [0.717, 1.165) is 5.56 Å². The smallest absolute Gasteiger partial charge is 0.243 e. The van der Waals surface area contributed by atoms with Crippen LogP contribution in [0.15, 0.2) is 72.0 Å². The summed E-state index contributed by atoms with van der Waals surface area (Å²) in [5.74, 6) is 0.235. The lowest BCUT2D eigenvalue weighted by atomic mass is 10.0. The fourth-order valence-electron chi connectivity index (χ4n) is 4.53. The third kappa shape index (κ3) is 7.00. The van der Waals surface area contributed by atoms with Crippen LogP contribution in [-0.2, 0) is 27.8 Å². The number of nitrogens with two attached hydrogens (primary N) is 1. The minimum Gasteiger partial charge on any atom is -0.399 e. The second-order valence-corrected chi connectivity index (χ2v) is 12.1. The van der Waals surface area contributed by atoms with Gasteiger partial charge in [0.25, 0.3) is 0 Å². The van der Waals surface area contributed by atoms with E-state index >= 15 is 0 Å². The minimum atomic E-state index is -3.94. The highest BCUT2D eigenvalue weighted by Gasteiger charge is 2.31. The van der Waals surface area contributed by atoms with Crippen LogP contribution in [0.2, 0.25) is 0 Å². The lowest BCUT2D eigenvalue weighted by Gasteiger charge is -2.31. The van der Waals surface area contributed by atoms with Crippen LogP contribution < -0.4 is 11.1 Å². The summed E-state index contributed by atoms with van der Waals surface area (Å²) in [6, 6.07) is 14.6. The lowest BCUT2D eigenvalue weighted by molar-refractivity contribution is -0.123. The van der Waals surface area contributed by atoms with E-state index in [1.54, 1.807) is 17.7 Å². The van der Waals surface area contributed by atoms with Crippen LogP contribution in [0.3, 0.4) is 0 Å². The average molecular weight is 566 g/mol. The summed E-state index contributed by atoms with van der Waals surface area (Å²) in [5, 5.41) is 14.4. The number of nitrogens with one attached hydrogen (secondary N) is 1. The van der Waals surface area contributed by atoms with Crippen LogP contribution in [0.1, 0.15) is 25.2 Å². The highest BCUT2D eigenvalue weighted by Crippen LogP contribution is 2.20. The van der Waals surface area contributed by atoms with Gasteiger partial charge in [0.15, 0.2) is 5.65 Å². The number of aliphatic hydroxyl groups excluding tert-OH is 1. The zero-order valence-electron chi connectivity index (χ0n) is 22.8. The van der Waals surface area contributed by atoms with Gasteiger partial charge in [-0.25, -0.2) is 23.4 Å². The molecule has 0 unspecified atom stereocenters. The molecule has 2 aromatic heterocycles. The van der Waals surface area contributed by atoms with Crippen molar-refractivity contribution in [2.45, 2.75) is 50.8 Å². The third-order valence-corrected chi connectivity index (χ3v) is 8.34. The number of aliphatic hydroxyl groups is 1. The molecule has 0 radical (unpaired) electrons. The maximum atomic E-state index is 13.6. The normalized spacial score (nSPS) is 13.6. The Morgan fingerprint density at radius 2 is 1.80 bits per heavy atom. The van der Waals surface area contributed by atoms with Crippen molar-refractivity contribution in [1.29, 1.82) is 0 Å². The van der Waals surface area contributed by atoms with Crippen LogP contribution >= 0.6 is 0 Å². The summed E-state index contributed by atoms with van der Waals surface area (Å²) in [6.07, 6.45) is 2.08. The number of fused-ring (bicyclic) bond motifs is 1. The van der Waals surface area contributed by atoms with Crippen LogP contribution in [0.4, 0.5) is 5.69 Å². The summed E-state index contributed by atoms with van der Waals surface area (Å²) < 4.78 is 30.1. The summed E-state index contributed by atoms with van der Waals surface area (Å²) in [6.45, 7) is 5.50. The molecule has 4 aromatic rings. The summed E-state index contributed by atoms with van der Waals surface area (Å²) in [4.78, 5) is 26.0. The molecule has 4 N–H and O–H groups in total. The molecule has 0 fully saturated rings. The van der Waals surface area contributed by atoms with Gasteiger partial charge in [-0.3, -0.25) is 4.79 Å². The van der Waals surface area contributed by atoms with Gasteiger partial charge in [0.05, 0.1) is 23.2 Å². The maximum Gasteiger partial charge on any atom is 0.243 e. The molecule has 11 nitrogen and oxygen atoms in total. The number of amides is 1. The lowest BCUT2D eigenvalue weighted by Crippen LogP contribution is -2.51. The molecular weight excluding hydrogens is 530 g/mol. The molecule has 4 rings (SSSR count). The minimum absolute atomic E-state index is 0.00240. The standard InChI is InChI=1S/C28H35N7O4S/c1-19(2)15-34(40(38,39)23-11-9-22(29)10-12-23)16-26(36)24(13-21-7-5-4-6-8-21)33-27(37)17-35-20(3)32-25-14-30-18-31-28(25)35/h4-12,14,18-19,24,26,36H,13,15-17,29H2,1-3H3,(H,33,37)/t24-,26+/m0/s1. The van der Waals surface area contributed by atoms with Gasteiger partial charge in [-0.05, 0) is 49.1 Å². The number of hydrogen-bond acceptors (Lipinski definition) is 8. The van der Waals surface area contributed by atoms with Crippen molar-refractivity contribution in [2.24, 2.45) is 5.92 Å². The Balaban J connectivity index is 1.58. The molecule has 0 aliphatic rings. The van der Waals surface area contributed by atoms with Gasteiger partial charge in [-0.2, -0.15) is 4.31 Å². The van der Waals surface area contributed by atoms with Gasteiger partial charge < -0.3 is 20.7 Å². The van der Waals surface area contributed by atoms with E-state index in [1.165, 1.54) is 34.9 Å². The molecule has 0 saturated heterocycles. The first-order valence-electron chi connectivity index (χ1n) is 13.0. The van der Waals surface area contributed by atoms with Gasteiger partial charge in [-0.1, -0.05) is 44.2 Å². The molecule has 0 bridgehead atoms. The Hall–Kier alpha value is -3.87. The second-order valence-electron chi connectivity index (χ2n) is 10.2. The topological polar surface area (TPSA) is 156 Å². The van der Waals surface area contributed by atoms with Crippen molar-refractivity contribution in [2.75, 3.05) is 18.8 Å². The first kappa shape index (κ1) is 29.1. The number of rotatable bonds is 12. The number of benzene rings is 2. The predicted molar refractivity (Wildman–Crippen MR) is 153 cm³/mol.